The monoisotopic (exact) mass is 226 g/mol. The van der Waals surface area contributed by atoms with Crippen LogP contribution in [0.1, 0.15) is 25.0 Å². The van der Waals surface area contributed by atoms with Crippen LogP contribution in [-0.4, -0.2) is 34.6 Å². The second-order valence-corrected chi connectivity index (χ2v) is 3.61. The minimum Gasteiger partial charge on any atom is -0.494 e. The lowest BCUT2D eigenvalue weighted by atomic mass is 10.1. The molecule has 0 heterocycles. The normalized spacial score (nSPS) is 14.5. The second kappa shape index (κ2) is 6.48. The average molecular weight is 226 g/mol. The van der Waals surface area contributed by atoms with E-state index in [1.807, 2.05) is 6.92 Å². The third kappa shape index (κ3) is 3.48. The Kier molecular flexibility index (Phi) is 5.25. The van der Waals surface area contributed by atoms with E-state index in [-0.39, 0.29) is 0 Å². The summed E-state index contributed by atoms with van der Waals surface area (Å²) in [6.07, 6.45) is -1.28. The lowest BCUT2D eigenvalue weighted by molar-refractivity contribution is -0.0152. The van der Waals surface area contributed by atoms with E-state index < -0.39 is 18.8 Å². The van der Waals surface area contributed by atoms with Crippen LogP contribution in [0.4, 0.5) is 0 Å². The molecule has 4 nitrogen and oxygen atoms in total. The molecule has 1 aromatic carbocycles. The number of hydrogen-bond acceptors (Lipinski definition) is 4. The molecule has 3 N–H and O–H groups in total. The van der Waals surface area contributed by atoms with E-state index in [1.165, 1.54) is 0 Å². The summed E-state index contributed by atoms with van der Waals surface area (Å²) in [5, 5.41) is 27.6. The summed E-state index contributed by atoms with van der Waals surface area (Å²) in [6.45, 7) is 2.21. The molecule has 2 atom stereocenters. The van der Waals surface area contributed by atoms with Crippen molar-refractivity contribution in [3.63, 3.8) is 0 Å². The van der Waals surface area contributed by atoms with Crippen molar-refractivity contribution in [2.24, 2.45) is 0 Å². The Labute approximate surface area is 95.1 Å². The third-order valence-corrected chi connectivity index (χ3v) is 2.25. The van der Waals surface area contributed by atoms with Crippen LogP contribution in [0.25, 0.3) is 0 Å². The molecule has 0 aliphatic rings. The summed E-state index contributed by atoms with van der Waals surface area (Å²) in [4.78, 5) is 0. The molecule has 1 rings (SSSR count). The molecule has 0 aliphatic carbocycles. The number of hydrogen-bond donors (Lipinski definition) is 3. The van der Waals surface area contributed by atoms with Gasteiger partial charge in [0.1, 0.15) is 18.0 Å². The molecule has 0 aliphatic heterocycles. The molecule has 0 saturated heterocycles. The van der Waals surface area contributed by atoms with Crippen LogP contribution >= 0.6 is 0 Å². The second-order valence-electron chi connectivity index (χ2n) is 3.61. The van der Waals surface area contributed by atoms with Crippen LogP contribution < -0.4 is 4.74 Å². The molecule has 16 heavy (non-hydrogen) atoms. The summed E-state index contributed by atoms with van der Waals surface area (Å²) in [6, 6.07) is 6.82. The fourth-order valence-electron chi connectivity index (χ4n) is 1.30. The van der Waals surface area contributed by atoms with Crippen molar-refractivity contribution in [2.45, 2.75) is 25.6 Å². The SMILES string of the molecule is CCCOc1ccc(C(O)C(O)CO)cc1. The Morgan fingerprint density at radius 3 is 2.31 bits per heavy atom. The Balaban J connectivity index is 2.63. The van der Waals surface area contributed by atoms with E-state index in [4.69, 9.17) is 9.84 Å². The first kappa shape index (κ1) is 13.0. The van der Waals surface area contributed by atoms with E-state index >= 15 is 0 Å². The Hall–Kier alpha value is -1.10. The van der Waals surface area contributed by atoms with Crippen LogP contribution in [0.5, 0.6) is 5.75 Å². The number of aliphatic hydroxyl groups is 3. The van der Waals surface area contributed by atoms with Crippen molar-refractivity contribution in [1.29, 1.82) is 0 Å². The van der Waals surface area contributed by atoms with Gasteiger partial charge in [-0.3, -0.25) is 0 Å². The average Bonchev–Trinajstić information content (AvgIpc) is 2.35. The van der Waals surface area contributed by atoms with Gasteiger partial charge >= 0.3 is 0 Å². The van der Waals surface area contributed by atoms with Crippen LogP contribution in [-0.2, 0) is 0 Å². The first-order valence-corrected chi connectivity index (χ1v) is 5.38. The van der Waals surface area contributed by atoms with Crippen LogP contribution in [0.2, 0.25) is 0 Å². The van der Waals surface area contributed by atoms with E-state index in [1.54, 1.807) is 24.3 Å². The molecule has 0 aromatic heterocycles. The van der Waals surface area contributed by atoms with Crippen molar-refractivity contribution < 1.29 is 20.1 Å². The fraction of sp³-hybridized carbons (Fsp3) is 0.500. The highest BCUT2D eigenvalue weighted by atomic mass is 16.5. The Bertz CT molecular complexity index is 296. The zero-order valence-electron chi connectivity index (χ0n) is 9.34. The zero-order valence-corrected chi connectivity index (χ0v) is 9.34. The maximum absolute atomic E-state index is 9.61. The van der Waals surface area contributed by atoms with Gasteiger partial charge in [0.15, 0.2) is 0 Å². The first-order chi connectivity index (χ1) is 7.69. The number of rotatable bonds is 6. The van der Waals surface area contributed by atoms with Crippen molar-refractivity contribution in [3.05, 3.63) is 29.8 Å². The standard InChI is InChI=1S/C12H18O4/c1-2-7-16-10-5-3-9(4-6-10)12(15)11(14)8-13/h3-6,11-15H,2,7-8H2,1H3. The van der Waals surface area contributed by atoms with Crippen LogP contribution in [0, 0.1) is 0 Å². The van der Waals surface area contributed by atoms with E-state index in [0.29, 0.717) is 12.2 Å². The summed E-state index contributed by atoms with van der Waals surface area (Å²) >= 11 is 0. The van der Waals surface area contributed by atoms with Gasteiger partial charge in [-0.1, -0.05) is 19.1 Å². The highest BCUT2D eigenvalue weighted by molar-refractivity contribution is 5.28. The van der Waals surface area contributed by atoms with Gasteiger partial charge in [-0.15, -0.1) is 0 Å². The van der Waals surface area contributed by atoms with Crippen molar-refractivity contribution >= 4 is 0 Å². The van der Waals surface area contributed by atoms with Gasteiger partial charge < -0.3 is 20.1 Å². The summed E-state index contributed by atoms with van der Waals surface area (Å²) in [5.41, 5.74) is 0.561. The number of benzene rings is 1. The zero-order chi connectivity index (χ0) is 12.0. The molecule has 0 spiro atoms. The summed E-state index contributed by atoms with van der Waals surface area (Å²) in [5.74, 6) is 0.733. The molecule has 90 valence electrons. The molecular formula is C12H18O4. The lowest BCUT2D eigenvalue weighted by Crippen LogP contribution is -2.21. The van der Waals surface area contributed by atoms with Crippen molar-refractivity contribution in [1.82, 2.24) is 0 Å². The molecule has 0 bridgehead atoms. The van der Waals surface area contributed by atoms with Crippen LogP contribution in [0.15, 0.2) is 24.3 Å². The van der Waals surface area contributed by atoms with Gasteiger partial charge in [0, 0.05) is 0 Å². The maximum Gasteiger partial charge on any atom is 0.119 e. The van der Waals surface area contributed by atoms with Crippen LogP contribution in [0.3, 0.4) is 0 Å². The predicted octanol–water partition coefficient (Wildman–Crippen LogP) is 0.862. The largest absolute Gasteiger partial charge is 0.494 e. The Morgan fingerprint density at radius 1 is 1.19 bits per heavy atom. The van der Waals surface area contributed by atoms with E-state index in [9.17, 15) is 10.2 Å². The topological polar surface area (TPSA) is 69.9 Å². The third-order valence-electron chi connectivity index (χ3n) is 2.25. The minimum absolute atomic E-state index is 0.463. The fourth-order valence-corrected chi connectivity index (χ4v) is 1.30. The number of aliphatic hydroxyl groups excluding tert-OH is 3. The smallest absolute Gasteiger partial charge is 0.119 e. The molecule has 0 saturated carbocycles. The number of ether oxygens (including phenoxy) is 1. The Morgan fingerprint density at radius 2 is 1.81 bits per heavy atom. The van der Waals surface area contributed by atoms with Gasteiger partial charge in [0.2, 0.25) is 0 Å². The lowest BCUT2D eigenvalue weighted by Gasteiger charge is -2.16. The predicted molar refractivity (Wildman–Crippen MR) is 60.3 cm³/mol. The van der Waals surface area contributed by atoms with Gasteiger partial charge in [-0.25, -0.2) is 0 Å². The molecule has 4 heteroatoms. The molecular weight excluding hydrogens is 208 g/mol. The minimum atomic E-state index is -1.15. The van der Waals surface area contributed by atoms with Gasteiger partial charge in [0.05, 0.1) is 13.2 Å². The first-order valence-electron chi connectivity index (χ1n) is 5.38. The van der Waals surface area contributed by atoms with Gasteiger partial charge in [-0.2, -0.15) is 0 Å². The highest BCUT2D eigenvalue weighted by Gasteiger charge is 2.16. The summed E-state index contributed by atoms with van der Waals surface area (Å²) in [7, 11) is 0. The summed E-state index contributed by atoms with van der Waals surface area (Å²) < 4.78 is 5.38. The highest BCUT2D eigenvalue weighted by Crippen LogP contribution is 2.20. The molecule has 0 amide bonds. The van der Waals surface area contributed by atoms with E-state index in [2.05, 4.69) is 0 Å². The molecule has 0 fully saturated rings. The maximum atomic E-state index is 9.61. The van der Waals surface area contributed by atoms with Crippen molar-refractivity contribution in [3.8, 4) is 5.75 Å². The van der Waals surface area contributed by atoms with Crippen molar-refractivity contribution in [2.75, 3.05) is 13.2 Å². The molecule has 0 radical (unpaired) electrons. The van der Waals surface area contributed by atoms with Gasteiger partial charge in [0.25, 0.3) is 0 Å². The van der Waals surface area contributed by atoms with E-state index in [0.717, 1.165) is 12.2 Å². The molecule has 1 aromatic rings. The molecule has 2 unspecified atom stereocenters. The van der Waals surface area contributed by atoms with Gasteiger partial charge in [-0.05, 0) is 24.1 Å². The quantitative estimate of drug-likeness (QED) is 0.673.